The minimum atomic E-state index is -3.51. The fourth-order valence-corrected chi connectivity index (χ4v) is 4.33. The van der Waals surface area contributed by atoms with E-state index in [2.05, 4.69) is 20.9 Å². The Morgan fingerprint density at radius 3 is 2.35 bits per heavy atom. The van der Waals surface area contributed by atoms with Crippen LogP contribution < -0.4 is 5.73 Å². The van der Waals surface area contributed by atoms with Crippen molar-refractivity contribution in [1.82, 2.24) is 4.98 Å². The third-order valence-corrected chi connectivity index (χ3v) is 6.03. The normalized spacial score (nSPS) is 11.6. The molecule has 7 heteroatoms. The molecule has 0 aliphatic rings. The summed E-state index contributed by atoms with van der Waals surface area (Å²) in [6.07, 6.45) is 0. The number of nitrogens with zero attached hydrogens (tertiary/aromatic N) is 1. The van der Waals surface area contributed by atoms with E-state index in [1.807, 2.05) is 0 Å². The minimum Gasteiger partial charge on any atom is -0.375 e. The largest absolute Gasteiger partial charge is 0.375 e. The molecule has 2 N–H and O–H groups in total. The quantitative estimate of drug-likeness (QED) is 0.917. The van der Waals surface area contributed by atoms with Crippen LogP contribution >= 0.6 is 27.3 Å². The van der Waals surface area contributed by atoms with E-state index in [1.165, 1.54) is 0 Å². The molecule has 0 aliphatic carbocycles. The molecule has 2 aromatic rings. The molecule has 90 valence electrons. The number of halogens is 1. The highest BCUT2D eigenvalue weighted by molar-refractivity contribution is 9.10. The first-order valence-electron chi connectivity index (χ1n) is 4.65. The summed E-state index contributed by atoms with van der Waals surface area (Å²) in [4.78, 5) is 4.17. The van der Waals surface area contributed by atoms with Crippen LogP contribution in [0.25, 0.3) is 0 Å². The molecule has 1 heterocycles. The van der Waals surface area contributed by atoms with Crippen LogP contribution in [0.3, 0.4) is 0 Å². The number of hydrogen-bond donors (Lipinski definition) is 1. The van der Waals surface area contributed by atoms with Gasteiger partial charge in [0.05, 0.1) is 10.6 Å². The zero-order valence-electron chi connectivity index (χ0n) is 8.84. The SMILES string of the molecule is Cc1nc(N)sc1S(=O)(=O)c1ccc(Br)cc1. The number of aryl methyl sites for hydroxylation is 1. The number of nitrogen functional groups attached to an aromatic ring is 1. The van der Waals surface area contributed by atoms with Gasteiger partial charge in [0.2, 0.25) is 9.84 Å². The summed E-state index contributed by atoms with van der Waals surface area (Å²) in [5.74, 6) is 0. The van der Waals surface area contributed by atoms with Gasteiger partial charge in [-0.15, -0.1) is 0 Å². The number of hydrogen-bond acceptors (Lipinski definition) is 5. The van der Waals surface area contributed by atoms with E-state index in [9.17, 15) is 8.42 Å². The Morgan fingerprint density at radius 2 is 1.88 bits per heavy atom. The van der Waals surface area contributed by atoms with Crippen LogP contribution in [-0.4, -0.2) is 13.4 Å². The van der Waals surface area contributed by atoms with E-state index in [-0.39, 0.29) is 14.2 Å². The molecule has 0 radical (unpaired) electrons. The molecule has 1 aromatic heterocycles. The average Bonchev–Trinajstić information content (AvgIpc) is 2.59. The molecule has 0 saturated carbocycles. The molecule has 0 atom stereocenters. The van der Waals surface area contributed by atoms with E-state index in [1.54, 1.807) is 31.2 Å². The van der Waals surface area contributed by atoms with Crippen molar-refractivity contribution in [3.05, 3.63) is 34.4 Å². The Kier molecular flexibility index (Phi) is 3.24. The molecule has 0 amide bonds. The summed E-state index contributed by atoms with van der Waals surface area (Å²) >= 11 is 4.25. The Balaban J connectivity index is 2.57. The second-order valence-corrected chi connectivity index (χ2v) is 7.47. The molecule has 0 spiro atoms. The summed E-state index contributed by atoms with van der Waals surface area (Å²) < 4.78 is 25.6. The van der Waals surface area contributed by atoms with Gasteiger partial charge in [-0.05, 0) is 31.2 Å². The van der Waals surface area contributed by atoms with Crippen molar-refractivity contribution in [2.45, 2.75) is 16.0 Å². The highest BCUT2D eigenvalue weighted by Gasteiger charge is 2.23. The summed E-state index contributed by atoms with van der Waals surface area (Å²) in [6.45, 7) is 1.64. The van der Waals surface area contributed by atoms with Gasteiger partial charge in [0, 0.05) is 4.47 Å². The lowest BCUT2D eigenvalue weighted by Gasteiger charge is -2.02. The molecule has 0 saturated heterocycles. The predicted octanol–water partition coefficient (Wildman–Crippen LogP) is 2.63. The zero-order chi connectivity index (χ0) is 12.6. The van der Waals surface area contributed by atoms with E-state index >= 15 is 0 Å². The molecule has 4 nitrogen and oxygen atoms in total. The second-order valence-electron chi connectivity index (χ2n) is 3.38. The third-order valence-electron chi connectivity index (χ3n) is 2.14. The lowest BCUT2D eigenvalue weighted by Crippen LogP contribution is -2.01. The first-order chi connectivity index (χ1) is 7.91. The maximum atomic E-state index is 12.3. The second kappa shape index (κ2) is 4.40. The molecular formula is C10H9BrN2O2S2. The fourth-order valence-electron chi connectivity index (χ4n) is 1.37. The maximum Gasteiger partial charge on any atom is 0.217 e. The van der Waals surface area contributed by atoms with Crippen molar-refractivity contribution < 1.29 is 8.42 Å². The van der Waals surface area contributed by atoms with Crippen molar-refractivity contribution in [3.8, 4) is 0 Å². The van der Waals surface area contributed by atoms with E-state index in [0.717, 1.165) is 15.8 Å². The van der Waals surface area contributed by atoms with Crippen molar-refractivity contribution in [2.75, 3.05) is 5.73 Å². The minimum absolute atomic E-state index is 0.206. The van der Waals surface area contributed by atoms with Crippen LogP contribution in [0.15, 0.2) is 37.8 Å². The van der Waals surface area contributed by atoms with E-state index < -0.39 is 9.84 Å². The maximum absolute atomic E-state index is 12.3. The number of anilines is 1. The lowest BCUT2D eigenvalue weighted by molar-refractivity contribution is 0.597. The predicted molar refractivity (Wildman–Crippen MR) is 70.9 cm³/mol. The van der Waals surface area contributed by atoms with Crippen LogP contribution in [0, 0.1) is 6.92 Å². The van der Waals surface area contributed by atoms with E-state index in [4.69, 9.17) is 5.73 Å². The fraction of sp³-hybridized carbons (Fsp3) is 0.100. The smallest absolute Gasteiger partial charge is 0.217 e. The summed E-state index contributed by atoms with van der Waals surface area (Å²) in [5.41, 5.74) is 5.95. The van der Waals surface area contributed by atoms with Crippen LogP contribution in [0.4, 0.5) is 5.13 Å². The van der Waals surface area contributed by atoms with Crippen LogP contribution in [0.2, 0.25) is 0 Å². The van der Waals surface area contributed by atoms with Crippen LogP contribution in [-0.2, 0) is 9.84 Å². The Labute approximate surface area is 112 Å². The third kappa shape index (κ3) is 2.36. The number of sulfone groups is 1. The molecule has 2 rings (SSSR count). The highest BCUT2D eigenvalue weighted by atomic mass is 79.9. The van der Waals surface area contributed by atoms with Crippen molar-refractivity contribution in [3.63, 3.8) is 0 Å². The van der Waals surface area contributed by atoms with E-state index in [0.29, 0.717) is 5.69 Å². The van der Waals surface area contributed by atoms with Crippen molar-refractivity contribution in [2.24, 2.45) is 0 Å². The zero-order valence-corrected chi connectivity index (χ0v) is 12.1. The molecular weight excluding hydrogens is 324 g/mol. The summed E-state index contributed by atoms with van der Waals surface area (Å²) in [7, 11) is -3.51. The van der Waals surface area contributed by atoms with Crippen LogP contribution in [0.5, 0.6) is 0 Å². The summed E-state index contributed by atoms with van der Waals surface area (Å²) in [6, 6.07) is 6.47. The van der Waals surface area contributed by atoms with Gasteiger partial charge in [-0.1, -0.05) is 27.3 Å². The first-order valence-corrected chi connectivity index (χ1v) is 7.74. The monoisotopic (exact) mass is 332 g/mol. The van der Waals surface area contributed by atoms with Gasteiger partial charge in [-0.3, -0.25) is 0 Å². The number of thiazole rings is 1. The molecule has 0 aliphatic heterocycles. The first kappa shape index (κ1) is 12.5. The van der Waals surface area contributed by atoms with Gasteiger partial charge in [0.25, 0.3) is 0 Å². The number of benzene rings is 1. The topological polar surface area (TPSA) is 73.0 Å². The Morgan fingerprint density at radius 1 is 1.29 bits per heavy atom. The lowest BCUT2D eigenvalue weighted by atomic mass is 10.4. The molecule has 1 aromatic carbocycles. The molecule has 17 heavy (non-hydrogen) atoms. The van der Waals surface area contributed by atoms with Crippen LogP contribution in [0.1, 0.15) is 5.69 Å². The Bertz CT molecular complexity index is 647. The number of nitrogens with two attached hydrogens (primary N) is 1. The molecule has 0 bridgehead atoms. The highest BCUT2D eigenvalue weighted by Crippen LogP contribution is 2.30. The van der Waals surface area contributed by atoms with Crippen molar-refractivity contribution in [1.29, 1.82) is 0 Å². The van der Waals surface area contributed by atoms with Gasteiger partial charge in [-0.25, -0.2) is 13.4 Å². The van der Waals surface area contributed by atoms with Gasteiger partial charge >= 0.3 is 0 Å². The Hall–Kier alpha value is -0.920. The van der Waals surface area contributed by atoms with Gasteiger partial charge in [0.1, 0.15) is 4.21 Å². The van der Waals surface area contributed by atoms with Crippen molar-refractivity contribution >= 4 is 42.2 Å². The summed E-state index contributed by atoms with van der Waals surface area (Å²) in [5, 5.41) is 0.262. The number of aromatic nitrogens is 1. The average molecular weight is 333 g/mol. The molecule has 0 unspecified atom stereocenters. The van der Waals surface area contributed by atoms with Gasteiger partial charge in [0.15, 0.2) is 5.13 Å². The number of rotatable bonds is 2. The van der Waals surface area contributed by atoms with Gasteiger partial charge in [-0.2, -0.15) is 0 Å². The molecule has 0 fully saturated rings. The van der Waals surface area contributed by atoms with Gasteiger partial charge < -0.3 is 5.73 Å². The standard InChI is InChI=1S/C10H9BrN2O2S2/c1-6-9(16-10(12)13-6)17(14,15)8-4-2-7(11)3-5-8/h2-5H,1H3,(H2,12,13).